The largest absolute Gasteiger partial charge is 0.465 e. The number of amides is 2. The molecule has 1 N–H and O–H groups in total. The lowest BCUT2D eigenvalue weighted by Crippen LogP contribution is -2.31. The lowest BCUT2D eigenvalue weighted by molar-refractivity contribution is -0.114. The van der Waals surface area contributed by atoms with Gasteiger partial charge < -0.3 is 9.73 Å². The third kappa shape index (κ3) is 4.20. The van der Waals surface area contributed by atoms with E-state index in [4.69, 9.17) is 4.42 Å². The second-order valence-corrected chi connectivity index (χ2v) is 8.71. The molecule has 0 unspecified atom stereocenters. The Morgan fingerprint density at radius 1 is 1.09 bits per heavy atom. The van der Waals surface area contributed by atoms with Crippen molar-refractivity contribution in [2.45, 2.75) is 0 Å². The number of aromatic nitrogens is 1. The maximum atomic E-state index is 13.1. The summed E-state index contributed by atoms with van der Waals surface area (Å²) in [5, 5.41) is 3.80. The van der Waals surface area contributed by atoms with Crippen LogP contribution in [-0.4, -0.2) is 27.7 Å². The molecule has 0 fully saturated rings. The topological polar surface area (TPSA) is 87.8 Å². The van der Waals surface area contributed by atoms with Gasteiger partial charge in [0.15, 0.2) is 10.3 Å². The van der Waals surface area contributed by atoms with Gasteiger partial charge in [0.05, 0.1) is 27.9 Å². The fourth-order valence-electron chi connectivity index (χ4n) is 3.12. The number of nitrogens with zero attached hydrogens (tertiary/aromatic N) is 3. The van der Waals surface area contributed by atoms with Crippen molar-refractivity contribution in [2.24, 2.45) is 4.99 Å². The molecule has 1 aliphatic heterocycles. The predicted octanol–water partition coefficient (Wildman–Crippen LogP) is 5.00. The molecule has 158 valence electrons. The summed E-state index contributed by atoms with van der Waals surface area (Å²) >= 11 is 2.61. The number of amidine groups is 1. The summed E-state index contributed by atoms with van der Waals surface area (Å²) in [6, 6.07) is 20.4. The number of fused-ring (bicyclic) bond motifs is 1. The Bertz CT molecular complexity index is 1310. The van der Waals surface area contributed by atoms with E-state index in [0.29, 0.717) is 21.7 Å². The van der Waals surface area contributed by atoms with E-state index >= 15 is 0 Å². The Morgan fingerprint density at radius 3 is 2.69 bits per heavy atom. The van der Waals surface area contributed by atoms with Gasteiger partial charge in [-0.25, -0.2) is 9.98 Å². The summed E-state index contributed by atoms with van der Waals surface area (Å²) in [6.07, 6.45) is 3.12. The zero-order valence-electron chi connectivity index (χ0n) is 16.6. The summed E-state index contributed by atoms with van der Waals surface area (Å²) in [7, 11) is 0. The third-order valence-corrected chi connectivity index (χ3v) is 6.43. The zero-order valence-corrected chi connectivity index (χ0v) is 18.2. The van der Waals surface area contributed by atoms with E-state index in [-0.39, 0.29) is 23.3 Å². The first-order valence-electron chi connectivity index (χ1n) is 9.69. The van der Waals surface area contributed by atoms with Crippen LogP contribution in [0, 0.1) is 0 Å². The number of carbonyl (C=O) groups is 2. The van der Waals surface area contributed by atoms with Gasteiger partial charge in [-0.1, -0.05) is 53.4 Å². The Morgan fingerprint density at radius 2 is 1.91 bits per heavy atom. The van der Waals surface area contributed by atoms with Gasteiger partial charge in [0.2, 0.25) is 5.91 Å². The number of benzene rings is 2. The highest BCUT2D eigenvalue weighted by molar-refractivity contribution is 8.14. The molecule has 0 bridgehead atoms. The van der Waals surface area contributed by atoms with Gasteiger partial charge in [-0.3, -0.25) is 14.5 Å². The summed E-state index contributed by atoms with van der Waals surface area (Å²) in [4.78, 5) is 36.0. The van der Waals surface area contributed by atoms with E-state index in [1.165, 1.54) is 34.3 Å². The van der Waals surface area contributed by atoms with Crippen molar-refractivity contribution in [3.8, 4) is 0 Å². The minimum absolute atomic E-state index is 0.0827. The Hall–Kier alpha value is -3.69. The number of thioether (sulfide) groups is 1. The van der Waals surface area contributed by atoms with Crippen LogP contribution in [0.2, 0.25) is 0 Å². The van der Waals surface area contributed by atoms with Crippen LogP contribution in [0.5, 0.6) is 0 Å². The van der Waals surface area contributed by atoms with Crippen molar-refractivity contribution in [1.29, 1.82) is 0 Å². The van der Waals surface area contributed by atoms with Gasteiger partial charge in [-0.15, -0.1) is 0 Å². The van der Waals surface area contributed by atoms with E-state index in [0.717, 1.165) is 10.2 Å². The summed E-state index contributed by atoms with van der Waals surface area (Å²) in [5.74, 6) is 0.117. The van der Waals surface area contributed by atoms with Gasteiger partial charge in [-0.2, -0.15) is 0 Å². The van der Waals surface area contributed by atoms with Gasteiger partial charge in [-0.05, 0) is 36.4 Å². The molecule has 4 aromatic rings. The SMILES string of the molecule is O=C(CSC1=N/C(=C/c2ccco2)C(=O)N1c1ccccc1)Nc1nc2ccccc2s1. The second kappa shape index (κ2) is 8.81. The molecule has 3 heterocycles. The zero-order chi connectivity index (χ0) is 21.9. The van der Waals surface area contributed by atoms with Crippen LogP contribution in [0.4, 0.5) is 10.8 Å². The predicted molar refractivity (Wildman–Crippen MR) is 129 cm³/mol. The van der Waals surface area contributed by atoms with Crippen LogP contribution < -0.4 is 10.2 Å². The number of hydrogen-bond acceptors (Lipinski definition) is 7. The second-order valence-electron chi connectivity index (χ2n) is 6.74. The van der Waals surface area contributed by atoms with Crippen LogP contribution >= 0.6 is 23.1 Å². The molecule has 2 aromatic heterocycles. The highest BCUT2D eigenvalue weighted by Gasteiger charge is 2.32. The maximum Gasteiger partial charge on any atom is 0.283 e. The lowest BCUT2D eigenvalue weighted by atomic mass is 10.2. The van der Waals surface area contributed by atoms with E-state index in [9.17, 15) is 9.59 Å². The van der Waals surface area contributed by atoms with E-state index in [1.807, 2.05) is 54.6 Å². The lowest BCUT2D eigenvalue weighted by Gasteiger charge is -2.17. The van der Waals surface area contributed by atoms with E-state index in [2.05, 4.69) is 15.3 Å². The van der Waals surface area contributed by atoms with Gasteiger partial charge >= 0.3 is 0 Å². The number of aliphatic imine (C=N–C) groups is 1. The fraction of sp³-hybridized carbons (Fsp3) is 0.0435. The Kier molecular flexibility index (Phi) is 5.57. The average molecular weight is 461 g/mol. The number of rotatable bonds is 5. The van der Waals surface area contributed by atoms with Crippen LogP contribution in [-0.2, 0) is 9.59 Å². The van der Waals surface area contributed by atoms with E-state index in [1.54, 1.807) is 18.2 Å². The van der Waals surface area contributed by atoms with Gasteiger partial charge in [0.25, 0.3) is 5.91 Å². The van der Waals surface area contributed by atoms with E-state index < -0.39 is 0 Å². The number of furan rings is 1. The summed E-state index contributed by atoms with van der Waals surface area (Å²) in [5.41, 5.74) is 1.77. The molecule has 7 nitrogen and oxygen atoms in total. The molecule has 0 spiro atoms. The molecule has 32 heavy (non-hydrogen) atoms. The maximum absolute atomic E-state index is 13.1. The van der Waals surface area contributed by atoms with Crippen molar-refractivity contribution in [3.05, 3.63) is 84.5 Å². The number of hydrogen-bond donors (Lipinski definition) is 1. The fourth-order valence-corrected chi connectivity index (χ4v) is 4.81. The van der Waals surface area contributed by atoms with Crippen molar-refractivity contribution in [2.75, 3.05) is 16.0 Å². The number of nitrogens with one attached hydrogen (secondary N) is 1. The van der Waals surface area contributed by atoms with Crippen LogP contribution in [0.25, 0.3) is 16.3 Å². The molecule has 0 radical (unpaired) electrons. The number of thiazole rings is 1. The van der Waals surface area contributed by atoms with Crippen LogP contribution in [0.15, 0.2) is 88.1 Å². The molecule has 0 atom stereocenters. The molecule has 9 heteroatoms. The van der Waals surface area contributed by atoms with Crippen molar-refractivity contribution in [1.82, 2.24) is 4.98 Å². The minimum atomic E-state index is -0.276. The molecule has 1 aliphatic rings. The van der Waals surface area contributed by atoms with Crippen LogP contribution in [0.1, 0.15) is 5.76 Å². The van der Waals surface area contributed by atoms with Crippen molar-refractivity contribution < 1.29 is 14.0 Å². The normalized spacial score (nSPS) is 14.9. The highest BCUT2D eigenvalue weighted by atomic mass is 32.2. The Balaban J connectivity index is 1.34. The molecule has 0 saturated heterocycles. The number of para-hydroxylation sites is 2. The summed E-state index contributed by atoms with van der Waals surface area (Å²) in [6.45, 7) is 0. The first-order valence-corrected chi connectivity index (χ1v) is 11.5. The Labute approximate surface area is 191 Å². The molecule has 2 amide bonds. The number of carbonyl (C=O) groups excluding carboxylic acids is 2. The molecular weight excluding hydrogens is 444 g/mol. The molecular formula is C23H16N4O3S2. The quantitative estimate of drug-likeness (QED) is 0.423. The molecule has 2 aromatic carbocycles. The van der Waals surface area contributed by atoms with Crippen molar-refractivity contribution in [3.63, 3.8) is 0 Å². The first-order chi connectivity index (χ1) is 15.7. The standard InChI is InChI=1S/C23H16N4O3S2/c28-20(26-22-24-17-10-4-5-11-19(17)32-22)14-31-23-25-18(13-16-9-6-12-30-16)21(29)27(23)15-7-2-1-3-8-15/h1-13H,14H2,(H,24,26,28)/b18-13+. The smallest absolute Gasteiger partial charge is 0.283 e. The third-order valence-electron chi connectivity index (χ3n) is 4.54. The van der Waals surface area contributed by atoms with Gasteiger partial charge in [0.1, 0.15) is 11.5 Å². The molecule has 0 aliphatic carbocycles. The van der Waals surface area contributed by atoms with Crippen molar-refractivity contribution >= 4 is 67.2 Å². The first kappa shape index (κ1) is 20.2. The highest BCUT2D eigenvalue weighted by Crippen LogP contribution is 2.30. The molecule has 0 saturated carbocycles. The number of anilines is 2. The van der Waals surface area contributed by atoms with Crippen LogP contribution in [0.3, 0.4) is 0 Å². The summed E-state index contributed by atoms with van der Waals surface area (Å²) < 4.78 is 6.32. The molecule has 5 rings (SSSR count). The minimum Gasteiger partial charge on any atom is -0.465 e. The van der Waals surface area contributed by atoms with Gasteiger partial charge in [0, 0.05) is 6.08 Å². The monoisotopic (exact) mass is 460 g/mol. The average Bonchev–Trinajstić information content (AvgIpc) is 3.52.